The van der Waals surface area contributed by atoms with Crippen LogP contribution in [-0.4, -0.2) is 11.7 Å². The zero-order valence-corrected chi connectivity index (χ0v) is 12.7. The Morgan fingerprint density at radius 2 is 1.38 bits per heavy atom. The van der Waals surface area contributed by atoms with E-state index in [1.54, 1.807) is 0 Å². The van der Waals surface area contributed by atoms with Crippen molar-refractivity contribution in [1.29, 1.82) is 0 Å². The molecular formula is C20H22O. The summed E-state index contributed by atoms with van der Waals surface area (Å²) in [6, 6.07) is 20.7. The molecule has 0 fully saturated rings. The molecule has 0 heterocycles. The summed E-state index contributed by atoms with van der Waals surface area (Å²) in [7, 11) is 0. The van der Waals surface area contributed by atoms with E-state index in [-0.39, 0.29) is 12.0 Å². The predicted molar refractivity (Wildman–Crippen MR) is 90.0 cm³/mol. The molecule has 0 aromatic heterocycles. The van der Waals surface area contributed by atoms with Gasteiger partial charge in [-0.25, -0.2) is 0 Å². The van der Waals surface area contributed by atoms with E-state index in [0.717, 1.165) is 0 Å². The van der Waals surface area contributed by atoms with Crippen LogP contribution in [-0.2, 0) is 0 Å². The Morgan fingerprint density at radius 1 is 0.905 bits per heavy atom. The first-order chi connectivity index (χ1) is 10.1. The summed E-state index contributed by atoms with van der Waals surface area (Å²) in [6.45, 7) is 4.17. The second-order valence-corrected chi connectivity index (χ2v) is 5.82. The number of hydrogen-bond donors (Lipinski definition) is 1. The van der Waals surface area contributed by atoms with Gasteiger partial charge in [-0.1, -0.05) is 92.7 Å². The molecule has 0 radical (unpaired) electrons. The van der Waals surface area contributed by atoms with E-state index in [0.29, 0.717) is 0 Å². The van der Waals surface area contributed by atoms with Gasteiger partial charge in [-0.15, -0.1) is 0 Å². The van der Waals surface area contributed by atoms with Crippen LogP contribution in [0.4, 0.5) is 0 Å². The van der Waals surface area contributed by atoms with E-state index in [2.05, 4.69) is 30.3 Å². The quantitative estimate of drug-likeness (QED) is 0.786. The third kappa shape index (κ3) is 4.44. The summed E-state index contributed by atoms with van der Waals surface area (Å²) >= 11 is 0. The van der Waals surface area contributed by atoms with Crippen molar-refractivity contribution in [3.63, 3.8) is 0 Å². The van der Waals surface area contributed by atoms with Crippen molar-refractivity contribution in [1.82, 2.24) is 0 Å². The molecule has 0 saturated carbocycles. The molecule has 2 aromatic carbocycles. The van der Waals surface area contributed by atoms with Crippen LogP contribution in [0, 0.1) is 5.41 Å². The van der Waals surface area contributed by atoms with Gasteiger partial charge in [-0.3, -0.25) is 0 Å². The van der Waals surface area contributed by atoms with Crippen LogP contribution in [0.1, 0.15) is 25.0 Å². The molecule has 1 nitrogen and oxygen atoms in total. The molecule has 2 aromatic rings. The Morgan fingerprint density at radius 3 is 1.81 bits per heavy atom. The van der Waals surface area contributed by atoms with Gasteiger partial charge >= 0.3 is 0 Å². The fourth-order valence-electron chi connectivity index (χ4n) is 2.05. The summed E-state index contributed by atoms with van der Waals surface area (Å²) in [5, 5.41) is 9.32. The number of allylic oxidation sites excluding steroid dienone is 2. The number of rotatable bonds is 5. The second kappa shape index (κ2) is 7.05. The van der Waals surface area contributed by atoms with E-state index in [1.807, 2.05) is 62.4 Å². The smallest absolute Gasteiger partial charge is 0.0516 e. The third-order valence-corrected chi connectivity index (χ3v) is 3.39. The molecule has 2 rings (SSSR count). The predicted octanol–water partition coefficient (Wildman–Crippen LogP) is 4.69. The van der Waals surface area contributed by atoms with Crippen molar-refractivity contribution in [2.24, 2.45) is 5.41 Å². The Kier molecular flexibility index (Phi) is 5.13. The highest BCUT2D eigenvalue weighted by Crippen LogP contribution is 2.24. The molecule has 21 heavy (non-hydrogen) atoms. The van der Waals surface area contributed by atoms with Crippen LogP contribution in [0.15, 0.2) is 78.9 Å². The highest BCUT2D eigenvalue weighted by atomic mass is 16.3. The zero-order chi connectivity index (χ0) is 15.1. The first kappa shape index (κ1) is 15.3. The molecule has 0 aliphatic carbocycles. The highest BCUT2D eigenvalue weighted by Gasteiger charge is 2.10. The van der Waals surface area contributed by atoms with Crippen molar-refractivity contribution in [3.05, 3.63) is 90.0 Å². The normalized spacial score (nSPS) is 11.6. The maximum atomic E-state index is 9.32. The lowest BCUT2D eigenvalue weighted by atomic mass is 9.93. The average Bonchev–Trinajstić information content (AvgIpc) is 2.53. The number of aliphatic hydroxyl groups excluding tert-OH is 1. The largest absolute Gasteiger partial charge is 0.395 e. The molecule has 0 aliphatic heterocycles. The molecule has 0 spiro atoms. The molecule has 108 valence electrons. The van der Waals surface area contributed by atoms with Crippen LogP contribution < -0.4 is 0 Å². The Balaban J connectivity index is 2.38. The topological polar surface area (TPSA) is 20.2 Å². The van der Waals surface area contributed by atoms with Crippen LogP contribution in [0.5, 0.6) is 0 Å². The van der Waals surface area contributed by atoms with Gasteiger partial charge in [0.25, 0.3) is 0 Å². The Hall–Kier alpha value is -2.12. The molecule has 0 atom stereocenters. The standard InChI is InChI=1S/C20H22O/c1-20(2,16-21)15-9-14-19(17-10-5-3-6-11-17)18-12-7-4-8-13-18/h3-15,21H,16H2,1-2H3/b15-9+. The second-order valence-electron chi connectivity index (χ2n) is 5.82. The fraction of sp³-hybridized carbons (Fsp3) is 0.200. The molecule has 0 amide bonds. The molecular weight excluding hydrogens is 256 g/mol. The average molecular weight is 278 g/mol. The molecule has 0 saturated heterocycles. The van der Waals surface area contributed by atoms with Crippen molar-refractivity contribution in [3.8, 4) is 0 Å². The minimum atomic E-state index is -0.199. The lowest BCUT2D eigenvalue weighted by Crippen LogP contribution is -2.12. The van der Waals surface area contributed by atoms with Crippen LogP contribution in [0.25, 0.3) is 5.57 Å². The minimum absolute atomic E-state index is 0.142. The van der Waals surface area contributed by atoms with Gasteiger partial charge in [0, 0.05) is 5.41 Å². The fourth-order valence-corrected chi connectivity index (χ4v) is 2.05. The monoisotopic (exact) mass is 278 g/mol. The van der Waals surface area contributed by atoms with E-state index in [1.165, 1.54) is 16.7 Å². The molecule has 0 unspecified atom stereocenters. The lowest BCUT2D eigenvalue weighted by Gasteiger charge is -2.15. The van der Waals surface area contributed by atoms with Gasteiger partial charge in [-0.2, -0.15) is 0 Å². The third-order valence-electron chi connectivity index (χ3n) is 3.39. The minimum Gasteiger partial charge on any atom is -0.395 e. The number of benzene rings is 2. The van der Waals surface area contributed by atoms with E-state index < -0.39 is 0 Å². The Labute approximate surface area is 127 Å². The lowest BCUT2D eigenvalue weighted by molar-refractivity contribution is 0.199. The number of hydrogen-bond acceptors (Lipinski definition) is 1. The van der Waals surface area contributed by atoms with Gasteiger partial charge in [0.1, 0.15) is 0 Å². The van der Waals surface area contributed by atoms with Gasteiger partial charge < -0.3 is 5.11 Å². The zero-order valence-electron chi connectivity index (χ0n) is 12.7. The van der Waals surface area contributed by atoms with Gasteiger partial charge in [0.2, 0.25) is 0 Å². The van der Waals surface area contributed by atoms with Crippen molar-refractivity contribution < 1.29 is 5.11 Å². The summed E-state index contributed by atoms with van der Waals surface area (Å²) < 4.78 is 0. The van der Waals surface area contributed by atoms with Crippen molar-refractivity contribution in [2.75, 3.05) is 6.61 Å². The van der Waals surface area contributed by atoms with E-state index in [9.17, 15) is 5.11 Å². The molecule has 0 bridgehead atoms. The molecule has 1 heteroatoms. The van der Waals surface area contributed by atoms with Crippen LogP contribution in [0.3, 0.4) is 0 Å². The first-order valence-electron chi connectivity index (χ1n) is 7.24. The summed E-state index contributed by atoms with van der Waals surface area (Å²) in [5.74, 6) is 0. The first-order valence-corrected chi connectivity index (χ1v) is 7.24. The van der Waals surface area contributed by atoms with Gasteiger partial charge in [0.15, 0.2) is 0 Å². The maximum Gasteiger partial charge on any atom is 0.0516 e. The molecule has 0 aliphatic rings. The van der Waals surface area contributed by atoms with Crippen molar-refractivity contribution >= 4 is 5.57 Å². The Bertz CT molecular complexity index is 565. The number of aliphatic hydroxyl groups is 1. The SMILES string of the molecule is CC(C)(/C=C/C=C(c1ccccc1)c1ccccc1)CO. The van der Waals surface area contributed by atoms with Crippen molar-refractivity contribution in [2.45, 2.75) is 13.8 Å². The van der Waals surface area contributed by atoms with Crippen LogP contribution in [0.2, 0.25) is 0 Å². The van der Waals surface area contributed by atoms with Gasteiger partial charge in [0.05, 0.1) is 6.61 Å². The summed E-state index contributed by atoms with van der Waals surface area (Å²) in [6.07, 6.45) is 6.19. The highest BCUT2D eigenvalue weighted by molar-refractivity contribution is 5.80. The summed E-state index contributed by atoms with van der Waals surface area (Å²) in [5.41, 5.74) is 3.36. The van der Waals surface area contributed by atoms with Gasteiger partial charge in [-0.05, 0) is 16.7 Å². The van der Waals surface area contributed by atoms with E-state index >= 15 is 0 Å². The summed E-state index contributed by atoms with van der Waals surface area (Å²) in [4.78, 5) is 0. The van der Waals surface area contributed by atoms with Crippen LogP contribution >= 0.6 is 0 Å². The van der Waals surface area contributed by atoms with E-state index in [4.69, 9.17) is 0 Å². The maximum absolute atomic E-state index is 9.32. The molecule has 1 N–H and O–H groups in total.